The van der Waals surface area contributed by atoms with Crippen molar-refractivity contribution in [1.82, 2.24) is 15.0 Å². The Balaban J connectivity index is 0.000000187. The summed E-state index contributed by atoms with van der Waals surface area (Å²) in [6.45, 7) is 7.24. The molecule has 0 saturated carbocycles. The first-order valence-corrected chi connectivity index (χ1v) is 10.9. The lowest BCUT2D eigenvalue weighted by atomic mass is 10.2. The average molecular weight is 437 g/mol. The van der Waals surface area contributed by atoms with E-state index in [-0.39, 0.29) is 11.7 Å². The molecule has 2 aromatic carbocycles. The quantitative estimate of drug-likeness (QED) is 0.422. The van der Waals surface area contributed by atoms with Gasteiger partial charge in [-0.15, -0.1) is 11.3 Å². The van der Waals surface area contributed by atoms with Gasteiger partial charge >= 0.3 is 0 Å². The molecule has 162 valence electrons. The number of Topliss-reactive ketones (excluding diaryl/α,β-unsaturated/α-hetero) is 1. The van der Waals surface area contributed by atoms with E-state index in [2.05, 4.69) is 45.8 Å². The molecule has 2 heterocycles. The van der Waals surface area contributed by atoms with Gasteiger partial charge in [-0.25, -0.2) is 9.97 Å². The first-order valence-electron chi connectivity index (χ1n) is 10.1. The topological polar surface area (TPSA) is 102 Å². The molecule has 2 aromatic heterocycles. The maximum atomic E-state index is 11.2. The number of imidazole rings is 1. The lowest BCUT2D eigenvalue weighted by Gasteiger charge is -1.93. The van der Waals surface area contributed by atoms with Gasteiger partial charge < -0.3 is 10.7 Å². The zero-order valence-corrected chi connectivity index (χ0v) is 19.1. The van der Waals surface area contributed by atoms with Crippen LogP contribution >= 0.6 is 11.3 Å². The Kier molecular flexibility index (Phi) is 9.09. The summed E-state index contributed by atoms with van der Waals surface area (Å²) in [6, 6.07) is 18.0. The number of para-hydroxylation sites is 1. The molecule has 4 rings (SSSR count). The largest absolute Gasteiger partial charge is 0.370 e. The molecule has 6 nitrogen and oxygen atoms in total. The van der Waals surface area contributed by atoms with E-state index in [1.165, 1.54) is 16.6 Å². The molecule has 0 fully saturated rings. The van der Waals surface area contributed by atoms with Crippen LogP contribution in [0.5, 0.6) is 0 Å². The summed E-state index contributed by atoms with van der Waals surface area (Å²) in [7, 11) is 0. The first-order chi connectivity index (χ1) is 14.8. The van der Waals surface area contributed by atoms with Gasteiger partial charge in [-0.3, -0.25) is 9.59 Å². The Morgan fingerprint density at radius 3 is 2.13 bits per heavy atom. The number of primary amides is 1. The van der Waals surface area contributed by atoms with Crippen LogP contribution in [0.4, 0.5) is 0 Å². The van der Waals surface area contributed by atoms with E-state index in [9.17, 15) is 9.59 Å². The van der Waals surface area contributed by atoms with Crippen LogP contribution in [-0.4, -0.2) is 26.6 Å². The Hall–Kier alpha value is -3.32. The summed E-state index contributed by atoms with van der Waals surface area (Å²) in [6.07, 6.45) is 1.49. The molecule has 0 radical (unpaired) electrons. The van der Waals surface area contributed by atoms with Gasteiger partial charge in [0.25, 0.3) is 0 Å². The molecular formula is C24H28N4O2S. The second kappa shape index (κ2) is 11.8. The second-order valence-electron chi connectivity index (χ2n) is 6.73. The van der Waals surface area contributed by atoms with E-state index in [1.807, 2.05) is 43.3 Å². The molecule has 0 spiro atoms. The number of hydrogen-bond acceptors (Lipinski definition) is 5. The number of H-pyrrole nitrogens is 1. The summed E-state index contributed by atoms with van der Waals surface area (Å²) in [5.41, 5.74) is 8.12. The van der Waals surface area contributed by atoms with E-state index < -0.39 is 0 Å². The lowest BCUT2D eigenvalue weighted by molar-refractivity contribution is -0.117. The number of aromatic nitrogens is 3. The van der Waals surface area contributed by atoms with Crippen molar-refractivity contribution >= 4 is 33.2 Å². The molecule has 31 heavy (non-hydrogen) atoms. The highest BCUT2D eigenvalue weighted by molar-refractivity contribution is 7.18. The fourth-order valence-electron chi connectivity index (χ4n) is 2.61. The SMILES string of the molecule is CC(=O)c1nc(-c2ccccc2)[nH]c1C.CCC(N)=O.CCc1nc2ccccc2s1. The predicted molar refractivity (Wildman–Crippen MR) is 127 cm³/mol. The minimum atomic E-state index is -0.245. The fraction of sp³-hybridized carbons (Fsp3) is 0.250. The highest BCUT2D eigenvalue weighted by Gasteiger charge is 2.11. The van der Waals surface area contributed by atoms with Crippen LogP contribution in [0.1, 0.15) is 48.4 Å². The Morgan fingerprint density at radius 2 is 1.61 bits per heavy atom. The van der Waals surface area contributed by atoms with Gasteiger partial charge in [0, 0.05) is 24.6 Å². The van der Waals surface area contributed by atoms with Gasteiger partial charge in [0.2, 0.25) is 5.91 Å². The summed E-state index contributed by atoms with van der Waals surface area (Å²) in [5, 5.41) is 1.23. The molecular weight excluding hydrogens is 408 g/mol. The van der Waals surface area contributed by atoms with Crippen LogP contribution in [0.2, 0.25) is 0 Å². The molecule has 0 aliphatic heterocycles. The number of rotatable bonds is 4. The van der Waals surface area contributed by atoms with Crippen LogP contribution in [0, 0.1) is 6.92 Å². The Labute approximate surface area is 186 Å². The van der Waals surface area contributed by atoms with E-state index in [0.29, 0.717) is 12.1 Å². The molecule has 7 heteroatoms. The fourth-order valence-corrected chi connectivity index (χ4v) is 3.51. The highest BCUT2D eigenvalue weighted by Crippen LogP contribution is 2.21. The molecule has 0 aliphatic carbocycles. The molecule has 0 bridgehead atoms. The number of aromatic amines is 1. The first kappa shape index (κ1) is 24.0. The molecule has 0 atom stereocenters. The van der Waals surface area contributed by atoms with E-state index in [1.54, 1.807) is 18.3 Å². The second-order valence-corrected chi connectivity index (χ2v) is 7.85. The van der Waals surface area contributed by atoms with Gasteiger partial charge in [-0.2, -0.15) is 0 Å². The zero-order chi connectivity index (χ0) is 22.8. The summed E-state index contributed by atoms with van der Waals surface area (Å²) >= 11 is 1.79. The van der Waals surface area contributed by atoms with Gasteiger partial charge in [0.15, 0.2) is 5.78 Å². The van der Waals surface area contributed by atoms with Crippen molar-refractivity contribution in [1.29, 1.82) is 0 Å². The maximum Gasteiger partial charge on any atom is 0.217 e. The van der Waals surface area contributed by atoms with Crippen molar-refractivity contribution in [2.75, 3.05) is 0 Å². The van der Waals surface area contributed by atoms with Gasteiger partial charge in [0.1, 0.15) is 11.5 Å². The number of carbonyl (C=O) groups is 2. The minimum Gasteiger partial charge on any atom is -0.370 e. The van der Waals surface area contributed by atoms with Crippen LogP contribution in [0.25, 0.3) is 21.6 Å². The van der Waals surface area contributed by atoms with Crippen molar-refractivity contribution in [3.05, 3.63) is 71.0 Å². The third kappa shape index (κ3) is 7.15. The molecule has 3 N–H and O–H groups in total. The number of ketones is 1. The van der Waals surface area contributed by atoms with Crippen molar-refractivity contribution in [3.8, 4) is 11.4 Å². The normalized spacial score (nSPS) is 9.94. The Bertz CT molecular complexity index is 1100. The highest BCUT2D eigenvalue weighted by atomic mass is 32.1. The molecule has 0 aliphatic rings. The number of carbonyl (C=O) groups excluding carboxylic acids is 2. The number of amides is 1. The van der Waals surface area contributed by atoms with Gasteiger partial charge in [-0.05, 0) is 25.5 Å². The van der Waals surface area contributed by atoms with Gasteiger partial charge in [0.05, 0.1) is 15.2 Å². The summed E-state index contributed by atoms with van der Waals surface area (Å²) in [4.78, 5) is 32.7. The monoisotopic (exact) mass is 436 g/mol. The van der Waals surface area contributed by atoms with Crippen LogP contribution in [0.15, 0.2) is 54.6 Å². The number of aryl methyl sites for hydroxylation is 2. The standard InChI is InChI=1S/C12H12N2O.C9H9NS.C3H7NO/c1-8-11(9(2)15)14-12(13-8)10-6-4-3-5-7-10;1-2-9-10-7-5-3-4-6-8(7)11-9;1-2-3(4)5/h3-7H,1-2H3,(H,13,14);3-6H,2H2,1H3;2H2,1H3,(H2,4,5). The number of nitrogens with two attached hydrogens (primary N) is 1. The number of hydrogen-bond donors (Lipinski definition) is 2. The smallest absolute Gasteiger partial charge is 0.217 e. The Morgan fingerprint density at radius 1 is 1.00 bits per heavy atom. The van der Waals surface area contributed by atoms with Crippen molar-refractivity contribution in [2.45, 2.75) is 40.5 Å². The minimum absolute atomic E-state index is 0.00840. The number of thiazole rings is 1. The average Bonchev–Trinajstić information content (AvgIpc) is 3.38. The summed E-state index contributed by atoms with van der Waals surface area (Å²) in [5.74, 6) is 0.495. The molecule has 0 saturated heterocycles. The number of nitrogens with one attached hydrogen (secondary N) is 1. The number of fused-ring (bicyclic) bond motifs is 1. The molecule has 1 amide bonds. The maximum absolute atomic E-state index is 11.2. The number of nitrogens with zero attached hydrogens (tertiary/aromatic N) is 2. The predicted octanol–water partition coefficient (Wildman–Crippen LogP) is 5.33. The zero-order valence-electron chi connectivity index (χ0n) is 18.3. The van der Waals surface area contributed by atoms with Crippen LogP contribution in [0.3, 0.4) is 0 Å². The third-order valence-corrected chi connectivity index (χ3v) is 5.44. The van der Waals surface area contributed by atoms with E-state index in [0.717, 1.165) is 29.0 Å². The van der Waals surface area contributed by atoms with Gasteiger partial charge in [-0.1, -0.05) is 56.3 Å². The van der Waals surface area contributed by atoms with Crippen LogP contribution < -0.4 is 5.73 Å². The van der Waals surface area contributed by atoms with Crippen molar-refractivity contribution in [3.63, 3.8) is 0 Å². The third-order valence-electron chi connectivity index (χ3n) is 4.25. The molecule has 0 unspecified atom stereocenters. The van der Waals surface area contributed by atoms with E-state index in [4.69, 9.17) is 0 Å². The van der Waals surface area contributed by atoms with Crippen LogP contribution in [-0.2, 0) is 11.2 Å². The molecule has 4 aromatic rings. The van der Waals surface area contributed by atoms with Crippen molar-refractivity contribution < 1.29 is 9.59 Å². The number of benzene rings is 2. The lowest BCUT2D eigenvalue weighted by Crippen LogP contribution is -2.06. The van der Waals surface area contributed by atoms with E-state index >= 15 is 0 Å². The summed E-state index contributed by atoms with van der Waals surface area (Å²) < 4.78 is 1.30. The van der Waals surface area contributed by atoms with Crippen molar-refractivity contribution in [2.24, 2.45) is 5.73 Å².